The third-order valence-electron chi connectivity index (χ3n) is 2.92. The number of alkyl halides is 1. The van der Waals surface area contributed by atoms with Crippen LogP contribution in [0.3, 0.4) is 0 Å². The number of halogens is 3. The van der Waals surface area contributed by atoms with Crippen LogP contribution in [0.2, 0.25) is 10.0 Å². The zero-order valence-electron chi connectivity index (χ0n) is 10.9. The Morgan fingerprint density at radius 1 is 1.22 bits per heavy atom. The fraction of sp³-hybridized carbons (Fsp3) is 0.571. The SMILES string of the molecule is CC(C)(CCCCl)CNCc1ccc(Cl)cc1Cl. The second-order valence-electron chi connectivity index (χ2n) is 5.30. The molecule has 0 radical (unpaired) electrons. The molecule has 0 heterocycles. The summed E-state index contributed by atoms with van der Waals surface area (Å²) in [5.41, 5.74) is 1.34. The minimum Gasteiger partial charge on any atom is -0.312 e. The fourth-order valence-electron chi connectivity index (χ4n) is 1.83. The van der Waals surface area contributed by atoms with Crippen molar-refractivity contribution in [2.75, 3.05) is 12.4 Å². The van der Waals surface area contributed by atoms with Crippen molar-refractivity contribution < 1.29 is 0 Å². The van der Waals surface area contributed by atoms with Crippen LogP contribution in [0.5, 0.6) is 0 Å². The van der Waals surface area contributed by atoms with Crippen LogP contribution >= 0.6 is 34.8 Å². The van der Waals surface area contributed by atoms with Crippen LogP contribution in [0.4, 0.5) is 0 Å². The summed E-state index contributed by atoms with van der Waals surface area (Å²) in [5, 5.41) is 4.83. The van der Waals surface area contributed by atoms with Gasteiger partial charge in [-0.25, -0.2) is 0 Å². The van der Waals surface area contributed by atoms with E-state index >= 15 is 0 Å². The van der Waals surface area contributed by atoms with Crippen molar-refractivity contribution in [1.29, 1.82) is 0 Å². The lowest BCUT2D eigenvalue weighted by Crippen LogP contribution is -2.29. The van der Waals surface area contributed by atoms with E-state index in [0.717, 1.165) is 37.4 Å². The third-order valence-corrected chi connectivity index (χ3v) is 3.78. The van der Waals surface area contributed by atoms with E-state index in [-0.39, 0.29) is 5.41 Å². The Labute approximate surface area is 125 Å². The Hall–Kier alpha value is 0.0500. The number of hydrogen-bond acceptors (Lipinski definition) is 1. The lowest BCUT2D eigenvalue weighted by Gasteiger charge is -2.24. The average molecular weight is 309 g/mol. The molecular formula is C14H20Cl3N. The average Bonchev–Trinajstić information content (AvgIpc) is 2.29. The summed E-state index contributed by atoms with van der Waals surface area (Å²) in [6.45, 7) is 6.20. The molecular weight excluding hydrogens is 289 g/mol. The summed E-state index contributed by atoms with van der Waals surface area (Å²) >= 11 is 17.7. The van der Waals surface area contributed by atoms with Gasteiger partial charge in [-0.3, -0.25) is 0 Å². The molecule has 4 heteroatoms. The first-order valence-electron chi connectivity index (χ1n) is 6.15. The molecule has 0 aromatic heterocycles. The maximum absolute atomic E-state index is 6.12. The van der Waals surface area contributed by atoms with E-state index in [4.69, 9.17) is 34.8 Å². The van der Waals surface area contributed by atoms with Gasteiger partial charge >= 0.3 is 0 Å². The van der Waals surface area contributed by atoms with Crippen LogP contribution < -0.4 is 5.32 Å². The molecule has 0 atom stereocenters. The van der Waals surface area contributed by atoms with Crippen LogP contribution in [0, 0.1) is 5.41 Å². The molecule has 1 aromatic carbocycles. The Balaban J connectivity index is 2.41. The highest BCUT2D eigenvalue weighted by molar-refractivity contribution is 6.35. The zero-order valence-corrected chi connectivity index (χ0v) is 13.2. The molecule has 0 saturated carbocycles. The van der Waals surface area contributed by atoms with E-state index in [2.05, 4.69) is 19.2 Å². The van der Waals surface area contributed by atoms with E-state index in [1.165, 1.54) is 0 Å². The maximum atomic E-state index is 6.12. The number of hydrogen-bond donors (Lipinski definition) is 1. The number of benzene rings is 1. The van der Waals surface area contributed by atoms with E-state index in [1.54, 1.807) is 6.07 Å². The van der Waals surface area contributed by atoms with Crippen LogP contribution in [-0.2, 0) is 6.54 Å². The molecule has 0 amide bonds. The highest BCUT2D eigenvalue weighted by atomic mass is 35.5. The first kappa shape index (κ1) is 16.1. The summed E-state index contributed by atoms with van der Waals surface area (Å²) in [4.78, 5) is 0. The predicted octanol–water partition coefficient (Wildman–Crippen LogP) is 5.13. The molecule has 0 saturated heterocycles. The van der Waals surface area contributed by atoms with Crippen molar-refractivity contribution in [2.45, 2.75) is 33.2 Å². The Kier molecular flexibility index (Phi) is 6.79. The van der Waals surface area contributed by atoms with Crippen molar-refractivity contribution in [2.24, 2.45) is 5.41 Å². The maximum Gasteiger partial charge on any atom is 0.0465 e. The summed E-state index contributed by atoms with van der Waals surface area (Å²) in [5.74, 6) is 0.729. The molecule has 0 aliphatic rings. The molecule has 18 heavy (non-hydrogen) atoms. The first-order chi connectivity index (χ1) is 8.44. The van der Waals surface area contributed by atoms with Gasteiger partial charge in [0.15, 0.2) is 0 Å². The quantitative estimate of drug-likeness (QED) is 0.689. The molecule has 0 fully saturated rings. The topological polar surface area (TPSA) is 12.0 Å². The van der Waals surface area contributed by atoms with Gasteiger partial charge in [-0.1, -0.05) is 43.1 Å². The molecule has 0 aliphatic carbocycles. The highest BCUT2D eigenvalue weighted by Gasteiger charge is 2.16. The minimum atomic E-state index is 0.258. The number of rotatable bonds is 7. The van der Waals surface area contributed by atoms with Crippen LogP contribution in [0.1, 0.15) is 32.3 Å². The van der Waals surface area contributed by atoms with Crippen molar-refractivity contribution in [3.8, 4) is 0 Å². The van der Waals surface area contributed by atoms with Crippen molar-refractivity contribution in [3.63, 3.8) is 0 Å². The van der Waals surface area contributed by atoms with Gasteiger partial charge in [0, 0.05) is 29.0 Å². The van der Waals surface area contributed by atoms with Gasteiger partial charge in [0.05, 0.1) is 0 Å². The fourth-order valence-corrected chi connectivity index (χ4v) is 2.44. The van der Waals surface area contributed by atoms with E-state index in [0.29, 0.717) is 10.0 Å². The van der Waals surface area contributed by atoms with Gasteiger partial charge in [0.2, 0.25) is 0 Å². The van der Waals surface area contributed by atoms with Crippen LogP contribution in [0.15, 0.2) is 18.2 Å². The summed E-state index contributed by atoms with van der Waals surface area (Å²) in [7, 11) is 0. The molecule has 1 N–H and O–H groups in total. The molecule has 0 bridgehead atoms. The molecule has 0 aliphatic heterocycles. The monoisotopic (exact) mass is 307 g/mol. The summed E-state index contributed by atoms with van der Waals surface area (Å²) in [6, 6.07) is 5.60. The van der Waals surface area contributed by atoms with Crippen molar-refractivity contribution >= 4 is 34.8 Å². The Bertz CT molecular complexity index is 377. The second-order valence-corrected chi connectivity index (χ2v) is 6.52. The highest BCUT2D eigenvalue weighted by Crippen LogP contribution is 2.23. The molecule has 1 nitrogen and oxygen atoms in total. The Morgan fingerprint density at radius 3 is 2.56 bits per heavy atom. The molecule has 1 rings (SSSR count). The second kappa shape index (κ2) is 7.59. The van der Waals surface area contributed by atoms with Crippen molar-refractivity contribution in [3.05, 3.63) is 33.8 Å². The molecule has 1 aromatic rings. The summed E-state index contributed by atoms with van der Waals surface area (Å²) < 4.78 is 0. The van der Waals surface area contributed by atoms with Gasteiger partial charge in [-0.2, -0.15) is 0 Å². The lowest BCUT2D eigenvalue weighted by molar-refractivity contribution is 0.311. The van der Waals surface area contributed by atoms with Gasteiger partial charge in [-0.05, 0) is 36.0 Å². The normalized spacial score (nSPS) is 11.8. The first-order valence-corrected chi connectivity index (χ1v) is 7.44. The zero-order chi connectivity index (χ0) is 13.6. The standard InChI is InChI=1S/C14H20Cl3N/c1-14(2,6-3-7-15)10-18-9-11-4-5-12(16)8-13(11)17/h4-5,8,18H,3,6-7,9-10H2,1-2H3. The smallest absolute Gasteiger partial charge is 0.0465 e. The lowest BCUT2D eigenvalue weighted by atomic mass is 9.88. The number of nitrogens with one attached hydrogen (secondary N) is 1. The predicted molar refractivity (Wildman–Crippen MR) is 81.9 cm³/mol. The van der Waals surface area contributed by atoms with E-state index in [1.807, 2.05) is 12.1 Å². The molecule has 0 unspecified atom stereocenters. The third kappa shape index (κ3) is 5.79. The summed E-state index contributed by atoms with van der Waals surface area (Å²) in [6.07, 6.45) is 2.18. The van der Waals surface area contributed by atoms with Gasteiger partial charge in [0.1, 0.15) is 0 Å². The van der Waals surface area contributed by atoms with Gasteiger partial charge in [0.25, 0.3) is 0 Å². The minimum absolute atomic E-state index is 0.258. The largest absolute Gasteiger partial charge is 0.312 e. The van der Waals surface area contributed by atoms with E-state index in [9.17, 15) is 0 Å². The van der Waals surface area contributed by atoms with E-state index < -0.39 is 0 Å². The van der Waals surface area contributed by atoms with Crippen LogP contribution in [-0.4, -0.2) is 12.4 Å². The Morgan fingerprint density at radius 2 is 1.94 bits per heavy atom. The van der Waals surface area contributed by atoms with Gasteiger partial charge in [-0.15, -0.1) is 11.6 Å². The van der Waals surface area contributed by atoms with Crippen molar-refractivity contribution in [1.82, 2.24) is 5.32 Å². The molecule has 102 valence electrons. The van der Waals surface area contributed by atoms with Crippen LogP contribution in [0.25, 0.3) is 0 Å². The molecule has 0 spiro atoms. The van der Waals surface area contributed by atoms with Gasteiger partial charge < -0.3 is 5.32 Å².